The van der Waals surface area contributed by atoms with Gasteiger partial charge in [0.25, 0.3) is 0 Å². The number of aryl methyl sites for hydroxylation is 2. The van der Waals surface area contributed by atoms with Crippen LogP contribution in [0.25, 0.3) is 0 Å². The number of rotatable bonds is 6. The van der Waals surface area contributed by atoms with Crippen LogP contribution in [0, 0.1) is 13.8 Å². The number of nitrogens with zero attached hydrogens (tertiary/aromatic N) is 3. The highest BCUT2D eigenvalue weighted by Crippen LogP contribution is 2.29. The molecule has 2 aromatic rings. The minimum atomic E-state index is -0.431. The Morgan fingerprint density at radius 2 is 2.14 bits per heavy atom. The smallest absolute Gasteiger partial charge is 0.324 e. The van der Waals surface area contributed by atoms with Crippen LogP contribution in [-0.4, -0.2) is 61.7 Å². The molecular weight excluding hydrogens is 372 g/mol. The van der Waals surface area contributed by atoms with E-state index in [0.717, 1.165) is 24.2 Å². The normalized spacial score (nSPS) is 16.6. The Bertz CT molecular complexity index is 863. The van der Waals surface area contributed by atoms with E-state index < -0.39 is 6.03 Å². The largest absolute Gasteiger partial charge is 0.489 e. The molecule has 3 N–H and O–H groups in total. The Kier molecular flexibility index (Phi) is 7.09. The second-order valence-corrected chi connectivity index (χ2v) is 6.73. The van der Waals surface area contributed by atoms with E-state index in [1.54, 1.807) is 13.3 Å². The summed E-state index contributed by atoms with van der Waals surface area (Å²) in [5.41, 5.74) is 3.32. The molecule has 0 saturated carbocycles. The molecule has 1 aromatic carbocycles. The second-order valence-electron chi connectivity index (χ2n) is 6.73. The van der Waals surface area contributed by atoms with Crippen molar-refractivity contribution in [3.63, 3.8) is 0 Å². The maximum atomic E-state index is 12.4. The van der Waals surface area contributed by atoms with Gasteiger partial charge in [-0.3, -0.25) is 10.3 Å². The van der Waals surface area contributed by atoms with Crippen LogP contribution in [0.3, 0.4) is 0 Å². The first-order chi connectivity index (χ1) is 14.0. The molecule has 1 saturated heterocycles. The van der Waals surface area contributed by atoms with Gasteiger partial charge in [0.15, 0.2) is 5.82 Å². The van der Waals surface area contributed by atoms with Crippen molar-refractivity contribution in [2.45, 2.75) is 20.0 Å². The minimum absolute atomic E-state index is 0.0208. The average Bonchev–Trinajstić information content (AvgIpc) is 2.72. The molecular formula is C20H26N6O3. The number of carbonyl (C=O) groups is 1. The Balaban J connectivity index is 1.66. The van der Waals surface area contributed by atoms with Crippen LogP contribution >= 0.6 is 0 Å². The van der Waals surface area contributed by atoms with Crippen molar-refractivity contribution in [2.75, 3.05) is 44.0 Å². The number of hydrogen-bond donors (Lipinski definition) is 3. The molecule has 154 valence electrons. The van der Waals surface area contributed by atoms with Crippen molar-refractivity contribution in [2.24, 2.45) is 4.99 Å². The van der Waals surface area contributed by atoms with Gasteiger partial charge in [-0.25, -0.2) is 14.8 Å². The molecule has 1 unspecified atom stereocenters. The molecule has 3 rings (SSSR count). The van der Waals surface area contributed by atoms with E-state index in [4.69, 9.17) is 9.47 Å². The highest BCUT2D eigenvalue weighted by atomic mass is 16.5. The molecule has 2 amide bonds. The maximum absolute atomic E-state index is 12.4. The molecule has 1 aliphatic rings. The van der Waals surface area contributed by atoms with Gasteiger partial charge in [0.1, 0.15) is 18.5 Å². The molecule has 1 aromatic heterocycles. The van der Waals surface area contributed by atoms with Gasteiger partial charge >= 0.3 is 6.03 Å². The number of hydrogen-bond acceptors (Lipinski definition) is 7. The summed E-state index contributed by atoms with van der Waals surface area (Å²) in [4.78, 5) is 24.6. The first-order valence-electron chi connectivity index (χ1n) is 9.43. The second kappa shape index (κ2) is 9.94. The lowest BCUT2D eigenvalue weighted by atomic mass is 10.1. The van der Waals surface area contributed by atoms with Gasteiger partial charge in [-0.2, -0.15) is 0 Å². The van der Waals surface area contributed by atoms with Crippen molar-refractivity contribution in [1.29, 1.82) is 0 Å². The van der Waals surface area contributed by atoms with Crippen LogP contribution in [0.5, 0.6) is 5.75 Å². The number of carbonyl (C=O) groups excluding carboxylic acids is 1. The summed E-state index contributed by atoms with van der Waals surface area (Å²) >= 11 is 0. The SMILES string of the molecule is CN=Cc1cnc(NC(=O)Nc2cc(C)c(C)cc2OCC2CNCCO2)cn1. The number of aliphatic imine (C=N–C) groups is 1. The number of morpholine rings is 1. The molecule has 29 heavy (non-hydrogen) atoms. The number of nitrogens with one attached hydrogen (secondary N) is 3. The van der Waals surface area contributed by atoms with Crippen LogP contribution in [0.2, 0.25) is 0 Å². The summed E-state index contributed by atoms with van der Waals surface area (Å²) in [6.07, 6.45) is 4.57. The molecule has 0 aliphatic carbocycles. The molecule has 0 radical (unpaired) electrons. The van der Waals surface area contributed by atoms with Gasteiger partial charge < -0.3 is 20.1 Å². The van der Waals surface area contributed by atoms with Gasteiger partial charge in [0.2, 0.25) is 0 Å². The van der Waals surface area contributed by atoms with Crippen molar-refractivity contribution in [3.05, 3.63) is 41.3 Å². The van der Waals surface area contributed by atoms with E-state index in [9.17, 15) is 4.79 Å². The summed E-state index contributed by atoms with van der Waals surface area (Å²) in [6.45, 7) is 6.64. The lowest BCUT2D eigenvalue weighted by Crippen LogP contribution is -2.41. The highest BCUT2D eigenvalue weighted by molar-refractivity contribution is 6.00. The topological polar surface area (TPSA) is 110 Å². The van der Waals surface area contributed by atoms with Crippen LogP contribution in [0.15, 0.2) is 29.5 Å². The number of urea groups is 1. The van der Waals surface area contributed by atoms with E-state index in [1.807, 2.05) is 26.0 Å². The van der Waals surface area contributed by atoms with Crippen molar-refractivity contribution >= 4 is 23.8 Å². The molecule has 1 atom stereocenters. The summed E-state index contributed by atoms with van der Waals surface area (Å²) < 4.78 is 11.6. The van der Waals surface area contributed by atoms with Crippen molar-refractivity contribution in [3.8, 4) is 5.75 Å². The third kappa shape index (κ3) is 5.97. The molecule has 0 spiro atoms. The molecule has 9 heteroatoms. The van der Waals surface area contributed by atoms with Crippen LogP contribution < -0.4 is 20.7 Å². The third-order valence-corrected chi connectivity index (χ3v) is 4.45. The van der Waals surface area contributed by atoms with Gasteiger partial charge in [-0.15, -0.1) is 0 Å². The quantitative estimate of drug-likeness (QED) is 0.643. The average molecular weight is 398 g/mol. The molecule has 2 heterocycles. The van der Waals surface area contributed by atoms with Crippen LogP contribution in [0.1, 0.15) is 16.8 Å². The number of benzene rings is 1. The Hall–Kier alpha value is -3.04. The monoisotopic (exact) mass is 398 g/mol. The fraction of sp³-hybridized carbons (Fsp3) is 0.400. The lowest BCUT2D eigenvalue weighted by molar-refractivity contribution is 0.000339. The number of ether oxygens (including phenoxy) is 2. The zero-order valence-electron chi connectivity index (χ0n) is 16.9. The summed E-state index contributed by atoms with van der Waals surface area (Å²) in [5.74, 6) is 0.932. The van der Waals surface area contributed by atoms with E-state index >= 15 is 0 Å². The molecule has 0 bridgehead atoms. The van der Waals surface area contributed by atoms with Crippen LogP contribution in [0.4, 0.5) is 16.3 Å². The predicted molar refractivity (Wildman–Crippen MR) is 112 cm³/mol. The zero-order valence-corrected chi connectivity index (χ0v) is 16.9. The predicted octanol–water partition coefficient (Wildman–Crippen LogP) is 2.15. The molecule has 1 fully saturated rings. The Morgan fingerprint density at radius 3 is 2.83 bits per heavy atom. The van der Waals surface area contributed by atoms with Crippen molar-refractivity contribution < 1.29 is 14.3 Å². The summed E-state index contributed by atoms with van der Waals surface area (Å²) in [7, 11) is 1.65. The standard InChI is InChI=1S/C20H26N6O3/c1-13-6-17(18(7-14(13)2)29-12-16-10-22-4-5-28-16)25-20(27)26-19-11-23-15(8-21-3)9-24-19/h6-9,11,16,22H,4-5,10,12H2,1-3H3,(H2,24,25,26,27). The minimum Gasteiger partial charge on any atom is -0.489 e. The van der Waals surface area contributed by atoms with Gasteiger partial charge in [-0.1, -0.05) is 0 Å². The molecule has 9 nitrogen and oxygen atoms in total. The first-order valence-corrected chi connectivity index (χ1v) is 9.43. The van der Waals surface area contributed by atoms with E-state index in [1.165, 1.54) is 12.4 Å². The van der Waals surface area contributed by atoms with Gasteiger partial charge in [0.05, 0.1) is 30.4 Å². The van der Waals surface area contributed by atoms with Crippen LogP contribution in [-0.2, 0) is 4.74 Å². The Labute approximate surface area is 170 Å². The zero-order chi connectivity index (χ0) is 20.6. The van der Waals surface area contributed by atoms with E-state index in [-0.39, 0.29) is 6.10 Å². The third-order valence-electron chi connectivity index (χ3n) is 4.45. The lowest BCUT2D eigenvalue weighted by Gasteiger charge is -2.24. The van der Waals surface area contributed by atoms with Gasteiger partial charge in [-0.05, 0) is 37.1 Å². The summed E-state index contributed by atoms with van der Waals surface area (Å²) in [5, 5.41) is 8.77. The fourth-order valence-corrected chi connectivity index (χ4v) is 2.79. The number of aromatic nitrogens is 2. The van der Waals surface area contributed by atoms with Gasteiger partial charge in [0, 0.05) is 26.4 Å². The van der Waals surface area contributed by atoms with E-state index in [0.29, 0.717) is 36.2 Å². The first kappa shape index (κ1) is 20.7. The summed E-state index contributed by atoms with van der Waals surface area (Å²) in [6, 6.07) is 3.37. The molecule has 1 aliphatic heterocycles. The maximum Gasteiger partial charge on any atom is 0.324 e. The van der Waals surface area contributed by atoms with E-state index in [2.05, 4.69) is 30.9 Å². The van der Waals surface area contributed by atoms with Crippen molar-refractivity contribution in [1.82, 2.24) is 15.3 Å². The fourth-order valence-electron chi connectivity index (χ4n) is 2.79. The highest BCUT2D eigenvalue weighted by Gasteiger charge is 2.16. The Morgan fingerprint density at radius 1 is 1.31 bits per heavy atom. The number of anilines is 2. The number of amides is 2.